The summed E-state index contributed by atoms with van der Waals surface area (Å²) < 4.78 is 22.5. The maximum atomic E-state index is 12.5. The zero-order valence-electron chi connectivity index (χ0n) is 16.4. The number of rotatable bonds is 9. The van der Waals surface area contributed by atoms with Crippen LogP contribution in [0.5, 0.6) is 17.2 Å². The van der Waals surface area contributed by atoms with Crippen molar-refractivity contribution in [3.63, 3.8) is 0 Å². The number of methoxy groups -OCH3 is 1. The number of para-hydroxylation sites is 2. The molecule has 0 spiro atoms. The van der Waals surface area contributed by atoms with Crippen molar-refractivity contribution >= 4 is 5.91 Å². The number of carbonyl (C=O) groups excluding carboxylic acids is 1. The van der Waals surface area contributed by atoms with Crippen molar-refractivity contribution in [3.05, 3.63) is 53.6 Å². The fourth-order valence-corrected chi connectivity index (χ4v) is 3.14. The molecule has 1 N–H and O–H groups in total. The minimum absolute atomic E-state index is 0.111. The Labute approximate surface area is 165 Å². The molecule has 1 fully saturated rings. The van der Waals surface area contributed by atoms with Gasteiger partial charge in [0.2, 0.25) is 0 Å². The average Bonchev–Trinajstić information content (AvgIpc) is 3.25. The second-order valence-corrected chi connectivity index (χ2v) is 6.54. The Bertz CT molecular complexity index is 786. The van der Waals surface area contributed by atoms with E-state index in [1.165, 1.54) is 0 Å². The minimum Gasteiger partial charge on any atom is -0.493 e. The highest BCUT2D eigenvalue weighted by atomic mass is 16.5. The molecule has 2 aromatic rings. The molecule has 1 saturated heterocycles. The van der Waals surface area contributed by atoms with E-state index in [0.29, 0.717) is 36.0 Å². The third-order valence-electron chi connectivity index (χ3n) is 4.59. The highest BCUT2D eigenvalue weighted by molar-refractivity contribution is 5.94. The van der Waals surface area contributed by atoms with Gasteiger partial charge in [-0.05, 0) is 50.1 Å². The van der Waals surface area contributed by atoms with Gasteiger partial charge in [0.25, 0.3) is 5.91 Å². The van der Waals surface area contributed by atoms with Gasteiger partial charge in [-0.25, -0.2) is 0 Å². The summed E-state index contributed by atoms with van der Waals surface area (Å²) in [5, 5.41) is 2.95. The van der Waals surface area contributed by atoms with Crippen LogP contribution in [0, 0.1) is 0 Å². The Morgan fingerprint density at radius 1 is 1.14 bits per heavy atom. The molecule has 2 aromatic carbocycles. The normalized spacial score (nSPS) is 15.9. The number of amides is 1. The van der Waals surface area contributed by atoms with Crippen molar-refractivity contribution in [1.82, 2.24) is 5.32 Å². The number of hydrogen-bond acceptors (Lipinski definition) is 5. The molecule has 6 heteroatoms. The van der Waals surface area contributed by atoms with Crippen LogP contribution in [-0.2, 0) is 11.3 Å². The lowest BCUT2D eigenvalue weighted by atomic mass is 10.1. The third kappa shape index (κ3) is 5.16. The summed E-state index contributed by atoms with van der Waals surface area (Å²) in [6.07, 6.45) is 2.15. The van der Waals surface area contributed by atoms with E-state index in [2.05, 4.69) is 5.32 Å². The lowest BCUT2D eigenvalue weighted by Gasteiger charge is -2.15. The van der Waals surface area contributed by atoms with Gasteiger partial charge in [-0.3, -0.25) is 4.79 Å². The summed E-state index contributed by atoms with van der Waals surface area (Å²) in [6, 6.07) is 12.8. The summed E-state index contributed by atoms with van der Waals surface area (Å²) in [5.74, 6) is 1.87. The highest BCUT2D eigenvalue weighted by Gasteiger charge is 2.17. The zero-order chi connectivity index (χ0) is 19.8. The summed E-state index contributed by atoms with van der Waals surface area (Å²) in [7, 11) is 1.60. The Morgan fingerprint density at radius 3 is 2.68 bits per heavy atom. The molecule has 0 radical (unpaired) electrons. The van der Waals surface area contributed by atoms with Gasteiger partial charge in [0.15, 0.2) is 11.5 Å². The van der Waals surface area contributed by atoms with E-state index >= 15 is 0 Å². The fourth-order valence-electron chi connectivity index (χ4n) is 3.14. The van der Waals surface area contributed by atoms with Crippen molar-refractivity contribution in [1.29, 1.82) is 0 Å². The number of hydrogen-bond donors (Lipinski definition) is 1. The van der Waals surface area contributed by atoms with Gasteiger partial charge < -0.3 is 24.3 Å². The summed E-state index contributed by atoms with van der Waals surface area (Å²) >= 11 is 0. The van der Waals surface area contributed by atoms with Crippen molar-refractivity contribution in [3.8, 4) is 17.2 Å². The predicted octanol–water partition coefficient (Wildman–Crippen LogP) is 3.58. The molecule has 1 amide bonds. The van der Waals surface area contributed by atoms with Crippen molar-refractivity contribution in [2.75, 3.05) is 26.9 Å². The SMILES string of the molecule is CCOc1ccc(C(=O)NC[C@@H]2CCCO2)cc1COc1ccccc1OC. The Hall–Kier alpha value is -2.73. The van der Waals surface area contributed by atoms with E-state index in [4.69, 9.17) is 18.9 Å². The topological polar surface area (TPSA) is 66.0 Å². The van der Waals surface area contributed by atoms with E-state index in [0.717, 1.165) is 25.0 Å². The molecule has 0 unspecified atom stereocenters. The molecular formula is C22H27NO5. The van der Waals surface area contributed by atoms with E-state index < -0.39 is 0 Å². The molecule has 0 bridgehead atoms. The molecule has 0 aromatic heterocycles. The van der Waals surface area contributed by atoms with Gasteiger partial charge in [0.05, 0.1) is 19.8 Å². The van der Waals surface area contributed by atoms with E-state index in [1.807, 2.05) is 43.3 Å². The fraction of sp³-hybridized carbons (Fsp3) is 0.409. The first kappa shape index (κ1) is 20.0. The molecule has 150 valence electrons. The van der Waals surface area contributed by atoms with Crippen LogP contribution in [0.3, 0.4) is 0 Å². The van der Waals surface area contributed by atoms with Crippen LogP contribution in [0.25, 0.3) is 0 Å². The molecule has 0 aliphatic carbocycles. The first-order valence-corrected chi connectivity index (χ1v) is 9.62. The molecule has 0 saturated carbocycles. The van der Waals surface area contributed by atoms with Gasteiger partial charge in [-0.15, -0.1) is 0 Å². The molecule has 1 heterocycles. The highest BCUT2D eigenvalue weighted by Crippen LogP contribution is 2.28. The Balaban J connectivity index is 1.70. The largest absolute Gasteiger partial charge is 0.493 e. The first-order chi connectivity index (χ1) is 13.7. The van der Waals surface area contributed by atoms with Gasteiger partial charge in [-0.2, -0.15) is 0 Å². The lowest BCUT2D eigenvalue weighted by molar-refractivity contribution is 0.0857. The van der Waals surface area contributed by atoms with E-state index in [-0.39, 0.29) is 18.6 Å². The van der Waals surface area contributed by atoms with Gasteiger partial charge in [0.1, 0.15) is 12.4 Å². The van der Waals surface area contributed by atoms with Crippen LogP contribution in [0.1, 0.15) is 35.7 Å². The summed E-state index contributed by atoms with van der Waals surface area (Å²) in [5.41, 5.74) is 1.37. The summed E-state index contributed by atoms with van der Waals surface area (Å²) in [4.78, 5) is 12.5. The lowest BCUT2D eigenvalue weighted by Crippen LogP contribution is -2.31. The molecule has 1 atom stereocenters. The second kappa shape index (κ2) is 9.99. The molecule has 1 aliphatic heterocycles. The van der Waals surface area contributed by atoms with Gasteiger partial charge >= 0.3 is 0 Å². The predicted molar refractivity (Wildman–Crippen MR) is 106 cm³/mol. The number of nitrogens with one attached hydrogen (secondary N) is 1. The van der Waals surface area contributed by atoms with Crippen LogP contribution >= 0.6 is 0 Å². The smallest absolute Gasteiger partial charge is 0.251 e. The number of carbonyl (C=O) groups is 1. The molecule has 28 heavy (non-hydrogen) atoms. The monoisotopic (exact) mass is 385 g/mol. The van der Waals surface area contributed by atoms with Crippen molar-refractivity contribution < 1.29 is 23.7 Å². The average molecular weight is 385 g/mol. The third-order valence-corrected chi connectivity index (χ3v) is 4.59. The van der Waals surface area contributed by atoms with Gasteiger partial charge in [-0.1, -0.05) is 12.1 Å². The van der Waals surface area contributed by atoms with Gasteiger partial charge in [0, 0.05) is 24.3 Å². The van der Waals surface area contributed by atoms with Crippen LogP contribution < -0.4 is 19.5 Å². The molecular weight excluding hydrogens is 358 g/mol. The Kier molecular flexibility index (Phi) is 7.14. The summed E-state index contributed by atoms with van der Waals surface area (Å²) in [6.45, 7) is 4.02. The van der Waals surface area contributed by atoms with Crippen LogP contribution in [0.4, 0.5) is 0 Å². The first-order valence-electron chi connectivity index (χ1n) is 9.62. The second-order valence-electron chi connectivity index (χ2n) is 6.54. The maximum Gasteiger partial charge on any atom is 0.251 e. The van der Waals surface area contributed by atoms with Crippen LogP contribution in [0.2, 0.25) is 0 Å². The van der Waals surface area contributed by atoms with Crippen LogP contribution in [0.15, 0.2) is 42.5 Å². The standard InChI is InChI=1S/C22H27NO5/c1-3-26-19-11-10-16(22(24)23-14-18-7-6-12-27-18)13-17(19)15-28-21-9-5-4-8-20(21)25-2/h4-5,8-11,13,18H,3,6-7,12,14-15H2,1-2H3,(H,23,24)/t18-/m0/s1. The van der Waals surface area contributed by atoms with E-state index in [9.17, 15) is 4.79 Å². The van der Waals surface area contributed by atoms with Crippen molar-refractivity contribution in [2.24, 2.45) is 0 Å². The van der Waals surface area contributed by atoms with Crippen molar-refractivity contribution in [2.45, 2.75) is 32.5 Å². The number of ether oxygens (including phenoxy) is 4. The maximum absolute atomic E-state index is 12.5. The number of benzene rings is 2. The molecule has 3 rings (SSSR count). The molecule has 1 aliphatic rings. The van der Waals surface area contributed by atoms with Crippen LogP contribution in [-0.4, -0.2) is 38.9 Å². The molecule has 6 nitrogen and oxygen atoms in total. The zero-order valence-corrected chi connectivity index (χ0v) is 16.4. The Morgan fingerprint density at radius 2 is 1.96 bits per heavy atom. The van der Waals surface area contributed by atoms with E-state index in [1.54, 1.807) is 13.2 Å². The quantitative estimate of drug-likeness (QED) is 0.715. The minimum atomic E-state index is -0.128.